The predicted molar refractivity (Wildman–Crippen MR) is 85.4 cm³/mol. The maximum atomic E-state index is 12.8. The number of anilines is 1. The fourth-order valence-electron chi connectivity index (χ4n) is 3.32. The van der Waals surface area contributed by atoms with Crippen LogP contribution >= 0.6 is 23.8 Å². The molecule has 0 unspecified atom stereocenters. The van der Waals surface area contributed by atoms with Gasteiger partial charge in [0.15, 0.2) is 0 Å². The molecule has 0 radical (unpaired) electrons. The first-order valence-corrected chi connectivity index (χ1v) is 7.70. The Morgan fingerprint density at radius 2 is 1.95 bits per heavy atom. The van der Waals surface area contributed by atoms with Gasteiger partial charge in [-0.1, -0.05) is 42.7 Å². The largest absolute Gasteiger partial charge is 0.389 e. The van der Waals surface area contributed by atoms with Gasteiger partial charge >= 0.3 is 0 Å². The molecule has 2 aliphatic rings. The van der Waals surface area contributed by atoms with E-state index in [1.807, 2.05) is 0 Å². The minimum absolute atomic E-state index is 0.132. The van der Waals surface area contributed by atoms with Crippen molar-refractivity contribution in [1.29, 1.82) is 0 Å². The second-order valence-corrected chi connectivity index (χ2v) is 6.58. The average molecular weight is 323 g/mol. The van der Waals surface area contributed by atoms with Crippen molar-refractivity contribution in [2.75, 3.05) is 4.90 Å². The standard InChI is InChI=1S/C15H15ClN2O2S/c16-10-4-3-9(13(17)21)7-11(10)18-12(19)8-15(14(18)20)5-1-2-6-15/h3-4,7H,1-2,5-6,8H2,(H2,17,21). The van der Waals surface area contributed by atoms with Gasteiger partial charge in [0, 0.05) is 12.0 Å². The molecule has 2 fully saturated rings. The highest BCUT2D eigenvalue weighted by Gasteiger charge is 2.53. The molecule has 21 heavy (non-hydrogen) atoms. The van der Waals surface area contributed by atoms with Crippen LogP contribution in [0.25, 0.3) is 0 Å². The van der Waals surface area contributed by atoms with Crippen LogP contribution in [0.2, 0.25) is 5.02 Å². The lowest BCUT2D eigenvalue weighted by Gasteiger charge is -2.22. The Bertz CT molecular complexity index is 653. The van der Waals surface area contributed by atoms with Crippen LogP contribution in [0, 0.1) is 5.41 Å². The molecule has 3 rings (SSSR count). The van der Waals surface area contributed by atoms with Crippen LogP contribution in [0.3, 0.4) is 0 Å². The third-order valence-electron chi connectivity index (χ3n) is 4.43. The second-order valence-electron chi connectivity index (χ2n) is 5.73. The first-order chi connectivity index (χ1) is 9.94. The van der Waals surface area contributed by atoms with Crippen LogP contribution in [0.5, 0.6) is 0 Å². The number of benzene rings is 1. The molecule has 2 amide bonds. The Labute approximate surface area is 133 Å². The van der Waals surface area contributed by atoms with E-state index in [9.17, 15) is 9.59 Å². The molecular weight excluding hydrogens is 308 g/mol. The number of halogens is 1. The highest BCUT2D eigenvalue weighted by atomic mass is 35.5. The summed E-state index contributed by atoms with van der Waals surface area (Å²) in [5.41, 5.74) is 6.09. The van der Waals surface area contributed by atoms with Crippen molar-refractivity contribution in [2.45, 2.75) is 32.1 Å². The van der Waals surface area contributed by atoms with Gasteiger partial charge in [-0.25, -0.2) is 4.90 Å². The zero-order valence-electron chi connectivity index (χ0n) is 11.4. The predicted octanol–water partition coefficient (Wildman–Crippen LogP) is 2.80. The summed E-state index contributed by atoms with van der Waals surface area (Å²) in [4.78, 5) is 26.5. The molecule has 1 aromatic rings. The van der Waals surface area contributed by atoms with Gasteiger partial charge in [-0.15, -0.1) is 0 Å². The summed E-state index contributed by atoms with van der Waals surface area (Å²) >= 11 is 11.1. The average Bonchev–Trinajstić information content (AvgIpc) is 2.98. The van der Waals surface area contributed by atoms with Crippen LogP contribution in [-0.4, -0.2) is 16.8 Å². The summed E-state index contributed by atoms with van der Waals surface area (Å²) in [5, 5.41) is 0.353. The molecule has 0 atom stereocenters. The van der Waals surface area contributed by atoms with Crippen molar-refractivity contribution in [3.05, 3.63) is 28.8 Å². The fourth-order valence-corrected chi connectivity index (χ4v) is 3.65. The van der Waals surface area contributed by atoms with E-state index in [0.717, 1.165) is 25.7 Å². The number of rotatable bonds is 2. The van der Waals surface area contributed by atoms with E-state index in [-0.39, 0.29) is 23.2 Å². The molecule has 1 saturated heterocycles. The number of hydrogen-bond donors (Lipinski definition) is 1. The van der Waals surface area contributed by atoms with Gasteiger partial charge in [0.1, 0.15) is 4.99 Å². The van der Waals surface area contributed by atoms with Gasteiger partial charge in [-0.3, -0.25) is 9.59 Å². The third-order valence-corrected chi connectivity index (χ3v) is 4.98. The normalized spacial score (nSPS) is 20.5. The lowest BCUT2D eigenvalue weighted by Crippen LogP contribution is -2.34. The first-order valence-electron chi connectivity index (χ1n) is 6.91. The number of hydrogen-bond acceptors (Lipinski definition) is 3. The van der Waals surface area contributed by atoms with Crippen LogP contribution in [0.4, 0.5) is 5.69 Å². The smallest absolute Gasteiger partial charge is 0.240 e. The molecule has 1 heterocycles. The van der Waals surface area contributed by atoms with Gasteiger partial charge in [0.2, 0.25) is 11.8 Å². The Morgan fingerprint density at radius 1 is 1.29 bits per heavy atom. The van der Waals surface area contributed by atoms with Crippen molar-refractivity contribution in [2.24, 2.45) is 11.1 Å². The Kier molecular flexibility index (Phi) is 3.50. The van der Waals surface area contributed by atoms with E-state index in [1.54, 1.807) is 18.2 Å². The Hall–Kier alpha value is -1.46. The van der Waals surface area contributed by atoms with Crippen LogP contribution in [0.1, 0.15) is 37.7 Å². The molecule has 110 valence electrons. The molecule has 1 aliphatic carbocycles. The molecule has 0 aromatic heterocycles. The van der Waals surface area contributed by atoms with Gasteiger partial charge in [-0.05, 0) is 25.0 Å². The second kappa shape index (κ2) is 5.07. The van der Waals surface area contributed by atoms with E-state index in [1.165, 1.54) is 4.90 Å². The maximum absolute atomic E-state index is 12.8. The quantitative estimate of drug-likeness (QED) is 0.671. The highest BCUT2D eigenvalue weighted by molar-refractivity contribution is 7.80. The highest BCUT2D eigenvalue weighted by Crippen LogP contribution is 2.48. The summed E-state index contributed by atoms with van der Waals surface area (Å²) in [7, 11) is 0. The van der Waals surface area contributed by atoms with Crippen LogP contribution in [-0.2, 0) is 9.59 Å². The maximum Gasteiger partial charge on any atom is 0.240 e. The van der Waals surface area contributed by atoms with E-state index in [2.05, 4.69) is 0 Å². The topological polar surface area (TPSA) is 63.4 Å². The van der Waals surface area contributed by atoms with Gasteiger partial charge in [0.05, 0.1) is 16.1 Å². The molecular formula is C15H15ClN2O2S. The number of thiocarbonyl (C=S) groups is 1. The molecule has 2 N–H and O–H groups in total. The van der Waals surface area contributed by atoms with Gasteiger partial charge in [-0.2, -0.15) is 0 Å². The van der Waals surface area contributed by atoms with Gasteiger partial charge < -0.3 is 5.73 Å². The summed E-state index contributed by atoms with van der Waals surface area (Å²) in [6, 6.07) is 4.92. The van der Waals surface area contributed by atoms with Gasteiger partial charge in [0.25, 0.3) is 0 Å². The summed E-state index contributed by atoms with van der Waals surface area (Å²) in [6.45, 7) is 0. The van der Waals surface area contributed by atoms with Crippen LogP contribution in [0.15, 0.2) is 18.2 Å². The zero-order chi connectivity index (χ0) is 15.2. The van der Waals surface area contributed by atoms with Crippen molar-refractivity contribution < 1.29 is 9.59 Å². The number of nitrogens with zero attached hydrogens (tertiary/aromatic N) is 1. The molecule has 6 heteroatoms. The van der Waals surface area contributed by atoms with E-state index >= 15 is 0 Å². The lowest BCUT2D eigenvalue weighted by molar-refractivity contribution is -0.125. The Balaban J connectivity index is 2.04. The van der Waals surface area contributed by atoms with E-state index in [0.29, 0.717) is 16.3 Å². The minimum Gasteiger partial charge on any atom is -0.389 e. The fraction of sp³-hybridized carbons (Fsp3) is 0.400. The van der Waals surface area contributed by atoms with Crippen molar-refractivity contribution >= 4 is 46.3 Å². The summed E-state index contributed by atoms with van der Waals surface area (Å²) < 4.78 is 0. The first kappa shape index (κ1) is 14.5. The van der Waals surface area contributed by atoms with Crippen molar-refractivity contribution in [1.82, 2.24) is 0 Å². The molecule has 1 saturated carbocycles. The number of amides is 2. The van der Waals surface area contributed by atoms with Crippen LogP contribution < -0.4 is 10.6 Å². The van der Waals surface area contributed by atoms with Crippen molar-refractivity contribution in [3.63, 3.8) is 0 Å². The molecule has 1 spiro atoms. The summed E-state index contributed by atoms with van der Waals surface area (Å²) in [6.07, 6.45) is 3.82. The zero-order valence-corrected chi connectivity index (χ0v) is 13.0. The van der Waals surface area contributed by atoms with Crippen molar-refractivity contribution in [3.8, 4) is 0 Å². The number of nitrogens with two attached hydrogens (primary N) is 1. The SMILES string of the molecule is NC(=S)c1ccc(Cl)c(N2C(=O)CC3(CCCC3)C2=O)c1. The molecule has 0 bridgehead atoms. The minimum atomic E-state index is -0.514. The molecule has 4 nitrogen and oxygen atoms in total. The number of carbonyl (C=O) groups excluding carboxylic acids is 2. The molecule has 1 aliphatic heterocycles. The summed E-state index contributed by atoms with van der Waals surface area (Å²) in [5.74, 6) is -0.323. The number of imide groups is 1. The molecule has 1 aromatic carbocycles. The Morgan fingerprint density at radius 3 is 2.57 bits per heavy atom. The third kappa shape index (κ3) is 2.24. The number of carbonyl (C=O) groups is 2. The van der Waals surface area contributed by atoms with E-state index < -0.39 is 5.41 Å². The van der Waals surface area contributed by atoms with E-state index in [4.69, 9.17) is 29.6 Å². The lowest BCUT2D eigenvalue weighted by atomic mass is 9.84. The monoisotopic (exact) mass is 322 g/mol.